The molecule has 0 unspecified atom stereocenters. The SMILES string of the molecule is C.CN1[CH-]N(c2[c-]cccc2)c2nccnc21.CN1[CH-]N(c2ccccc2)c2nccnc21.C[n+]1cn(-c2ccccc2)c2nccnc21.[Ag].[Ag][I].[I-].[Ir].[O]=[Ag]. The van der Waals surface area contributed by atoms with Crippen LogP contribution < -0.4 is 48.1 Å². The van der Waals surface area contributed by atoms with Gasteiger partial charge in [0.25, 0.3) is 5.65 Å². The van der Waals surface area contributed by atoms with Gasteiger partial charge in [-0.2, -0.15) is 30.3 Å². The summed E-state index contributed by atoms with van der Waals surface area (Å²) in [6.07, 6.45) is 12.2. The summed E-state index contributed by atoms with van der Waals surface area (Å²) in [6, 6.07) is 31.2. The Morgan fingerprint density at radius 1 is 0.643 bits per heavy atom. The summed E-state index contributed by atoms with van der Waals surface area (Å²) in [4.78, 5) is 33.9. The molecule has 9 rings (SSSR count). The molecule has 7 aromatic rings. The number of benzene rings is 3. The molecule has 0 saturated heterocycles. The number of fused-ring (bicyclic) bond motifs is 3. The van der Waals surface area contributed by atoms with Gasteiger partial charge in [-0.25, -0.2) is 34.1 Å². The summed E-state index contributed by atoms with van der Waals surface area (Å²) in [6.45, 7) is 3.94. The normalized spacial score (nSPS) is 11.4. The monoisotopic (exact) mass is 1430 g/mol. The number of imidazole rings is 1. The Kier molecular flexibility index (Phi) is 24.6. The minimum atomic E-state index is 0. The van der Waals surface area contributed by atoms with Gasteiger partial charge < -0.3 is 43.6 Å². The first-order valence-corrected chi connectivity index (χ1v) is 20.4. The van der Waals surface area contributed by atoms with E-state index in [1.54, 1.807) is 58.2 Å². The van der Waals surface area contributed by atoms with Gasteiger partial charge in [0.05, 0.1) is 13.2 Å². The predicted molar refractivity (Wildman–Crippen MR) is 207 cm³/mol. The van der Waals surface area contributed by atoms with E-state index in [0.717, 1.165) is 51.6 Å². The number of aromatic nitrogens is 8. The van der Waals surface area contributed by atoms with Crippen LogP contribution in [0.25, 0.3) is 17.0 Å². The van der Waals surface area contributed by atoms with E-state index in [9.17, 15) is 0 Å². The molecule has 13 nitrogen and oxygen atoms in total. The van der Waals surface area contributed by atoms with Crippen LogP contribution in [0.5, 0.6) is 0 Å². The Hall–Kier alpha value is -2.30. The van der Waals surface area contributed by atoms with Crippen molar-refractivity contribution in [3.63, 3.8) is 0 Å². The summed E-state index contributed by atoms with van der Waals surface area (Å²) in [7, 11) is 5.89. The van der Waals surface area contributed by atoms with Crippen LogP contribution in [0.3, 0.4) is 0 Å². The molecule has 6 heterocycles. The molecule has 0 saturated carbocycles. The fraction of sp³-hybridized carbons (Fsp3) is 0.108. The van der Waals surface area contributed by atoms with Crippen LogP contribution in [0.1, 0.15) is 7.43 Å². The second-order valence-corrected chi connectivity index (χ2v) is 10.8. The van der Waals surface area contributed by atoms with Crippen LogP contribution >= 0.6 is 19.0 Å². The standard InChI is InChI=1S/2C12H11N4.C12H10N4.CH4.3Ag.2HI.Ir.O/c3*1-15-9-16(10-5-3-2-4-6-10)12-11(15)13-7-8-14-12;;;;;;;;/h2*2-9H,1H3;2-5,7-9H,1H3;1H4;;;;2*1H;;/q-1;+1;-2;;;;+1;;;;/p-2. The number of hydrogen-bond donors (Lipinski definition) is 0. The Labute approximate surface area is 408 Å². The molecular weight excluding hydrogens is 1400 g/mol. The molecule has 309 valence electrons. The van der Waals surface area contributed by atoms with E-state index < -0.39 is 0 Å². The number of aryl methyl sites for hydroxylation is 1. The topological polar surface area (TPSA) is 116 Å². The molecule has 0 spiro atoms. The molecule has 0 fully saturated rings. The summed E-state index contributed by atoms with van der Waals surface area (Å²) in [5.41, 5.74) is 4.90. The first-order valence-electron chi connectivity index (χ1n) is 15.4. The van der Waals surface area contributed by atoms with Gasteiger partial charge in [-0.15, -0.1) is 24.0 Å². The predicted octanol–water partition coefficient (Wildman–Crippen LogP) is 3.81. The molecule has 0 atom stereocenters. The van der Waals surface area contributed by atoms with Crippen molar-refractivity contribution in [2.75, 3.05) is 33.7 Å². The van der Waals surface area contributed by atoms with E-state index in [1.165, 1.54) is 0 Å². The van der Waals surface area contributed by atoms with Crippen molar-refractivity contribution in [3.05, 3.63) is 148 Å². The zero-order chi connectivity index (χ0) is 36.9. The first kappa shape index (κ1) is 51.7. The van der Waals surface area contributed by atoms with Crippen molar-refractivity contribution in [1.29, 1.82) is 0 Å². The average Bonchev–Trinajstić information content (AvgIpc) is 3.88. The molecule has 56 heavy (non-hydrogen) atoms. The van der Waals surface area contributed by atoms with E-state index >= 15 is 0 Å². The molecule has 19 heteroatoms. The van der Waals surface area contributed by atoms with Crippen LogP contribution in [0, 0.1) is 19.4 Å². The summed E-state index contributed by atoms with van der Waals surface area (Å²) >= 11 is 6.58. The molecule has 0 bridgehead atoms. The average molecular weight is 1430 g/mol. The minimum absolute atomic E-state index is 0. The second kappa shape index (κ2) is 26.7. The number of para-hydroxylation sites is 3. The van der Waals surface area contributed by atoms with Gasteiger partial charge in [-0.3, -0.25) is 0 Å². The van der Waals surface area contributed by atoms with Crippen LogP contribution in [-0.2, 0) is 91.1 Å². The summed E-state index contributed by atoms with van der Waals surface area (Å²) in [5.74, 6) is 3.45. The molecule has 2 aliphatic heterocycles. The molecular formula is C37H36Ag3I2IrN12O-3. The van der Waals surface area contributed by atoms with Crippen molar-refractivity contribution < 1.29 is 113 Å². The van der Waals surface area contributed by atoms with E-state index in [-0.39, 0.29) is 73.9 Å². The Morgan fingerprint density at radius 2 is 1.09 bits per heavy atom. The summed E-state index contributed by atoms with van der Waals surface area (Å²) in [5, 5.41) is 0. The number of halogens is 2. The van der Waals surface area contributed by atoms with Crippen molar-refractivity contribution in [2.45, 2.75) is 7.43 Å². The molecule has 0 aliphatic carbocycles. The third kappa shape index (κ3) is 12.6. The van der Waals surface area contributed by atoms with E-state index in [2.05, 4.69) is 53.2 Å². The van der Waals surface area contributed by atoms with Crippen molar-refractivity contribution in [2.24, 2.45) is 7.05 Å². The van der Waals surface area contributed by atoms with Gasteiger partial charge in [0.1, 0.15) is 35.2 Å². The van der Waals surface area contributed by atoms with E-state index in [4.69, 9.17) is 3.25 Å². The maximum atomic E-state index is 8.06. The van der Waals surface area contributed by atoms with Gasteiger partial charge in [0, 0.05) is 73.0 Å². The second-order valence-electron chi connectivity index (χ2n) is 10.8. The Morgan fingerprint density at radius 3 is 1.62 bits per heavy atom. The molecule has 3 aromatic carbocycles. The first-order chi connectivity index (χ1) is 25.6. The zero-order valence-corrected chi connectivity index (χ0v) is 40.2. The van der Waals surface area contributed by atoms with Gasteiger partial charge >= 0.3 is 66.2 Å². The Bertz CT molecular complexity index is 2070. The number of rotatable bonds is 3. The molecule has 0 amide bonds. The van der Waals surface area contributed by atoms with Crippen molar-refractivity contribution >= 4 is 65.0 Å². The fourth-order valence-corrected chi connectivity index (χ4v) is 5.34. The maximum absolute atomic E-state index is 8.06. The molecule has 4 aromatic heterocycles. The third-order valence-electron chi connectivity index (χ3n) is 7.55. The third-order valence-corrected chi connectivity index (χ3v) is 7.55. The quantitative estimate of drug-likeness (QED) is 0.112. The van der Waals surface area contributed by atoms with Crippen LogP contribution in [0.4, 0.5) is 34.6 Å². The number of hydrogen-bond acceptors (Lipinski definition) is 11. The summed E-state index contributed by atoms with van der Waals surface area (Å²) < 4.78 is 12.1. The van der Waals surface area contributed by atoms with Gasteiger partial charge in [-0.1, -0.05) is 43.8 Å². The van der Waals surface area contributed by atoms with Gasteiger partial charge in [0.15, 0.2) is 6.33 Å². The molecule has 0 N–H and O–H groups in total. The van der Waals surface area contributed by atoms with Crippen LogP contribution in [0.2, 0.25) is 0 Å². The molecule has 2 radical (unpaired) electrons. The van der Waals surface area contributed by atoms with Crippen molar-refractivity contribution in [1.82, 2.24) is 34.5 Å². The fourth-order valence-electron chi connectivity index (χ4n) is 5.34. The number of anilines is 6. The van der Waals surface area contributed by atoms with Gasteiger partial charge in [-0.05, 0) is 38.4 Å². The Balaban J connectivity index is 0.000000388. The van der Waals surface area contributed by atoms with E-state index in [1.807, 2.05) is 173 Å². The molecule has 2 aliphatic rings. The van der Waals surface area contributed by atoms with Crippen LogP contribution in [-0.4, -0.2) is 48.6 Å². The van der Waals surface area contributed by atoms with Crippen molar-refractivity contribution in [3.8, 4) is 5.69 Å². The zero-order valence-electron chi connectivity index (χ0n) is 29.0. The number of nitrogens with zero attached hydrogens (tertiary/aromatic N) is 12. The van der Waals surface area contributed by atoms with E-state index in [0.29, 0.717) is 0 Å². The van der Waals surface area contributed by atoms with Gasteiger partial charge in [0.2, 0.25) is 0 Å². The van der Waals surface area contributed by atoms with Crippen LogP contribution in [0.15, 0.2) is 128 Å².